The van der Waals surface area contributed by atoms with E-state index in [1.165, 1.54) is 5.56 Å². The van der Waals surface area contributed by atoms with Crippen LogP contribution in [-0.2, 0) is 0 Å². The summed E-state index contributed by atoms with van der Waals surface area (Å²) < 4.78 is 0. The summed E-state index contributed by atoms with van der Waals surface area (Å²) in [7, 11) is 0. The van der Waals surface area contributed by atoms with Crippen molar-refractivity contribution in [1.29, 1.82) is 5.26 Å². The molecule has 1 heterocycles. The van der Waals surface area contributed by atoms with E-state index in [2.05, 4.69) is 47.6 Å². The quantitative estimate of drug-likeness (QED) is 0.670. The zero-order chi connectivity index (χ0) is 15.4. The van der Waals surface area contributed by atoms with Crippen molar-refractivity contribution in [2.24, 2.45) is 0 Å². The van der Waals surface area contributed by atoms with E-state index in [1.807, 2.05) is 36.4 Å². The summed E-state index contributed by atoms with van der Waals surface area (Å²) in [6.45, 7) is 2.08. The Morgan fingerprint density at radius 2 is 1.73 bits per heavy atom. The van der Waals surface area contributed by atoms with Gasteiger partial charge in [0.2, 0.25) is 0 Å². The zero-order valence-corrected chi connectivity index (χ0v) is 13.0. The van der Waals surface area contributed by atoms with Gasteiger partial charge in [-0.2, -0.15) is 5.26 Å². The maximum absolute atomic E-state index is 8.79. The Morgan fingerprint density at radius 3 is 2.41 bits per heavy atom. The molecule has 0 aliphatic carbocycles. The van der Waals surface area contributed by atoms with E-state index < -0.39 is 0 Å². The lowest BCUT2D eigenvalue weighted by Crippen LogP contribution is -1.79. The van der Waals surface area contributed by atoms with Crippen LogP contribution in [0.1, 0.15) is 21.7 Å². The highest BCUT2D eigenvalue weighted by Crippen LogP contribution is 2.23. The average Bonchev–Trinajstić information content (AvgIpc) is 3.03. The molecule has 2 aromatic carbocycles. The molecule has 0 saturated heterocycles. The summed E-state index contributed by atoms with van der Waals surface area (Å²) >= 11 is 1.63. The molecule has 0 aliphatic rings. The summed E-state index contributed by atoms with van der Waals surface area (Å²) in [4.78, 5) is 4.64. The first-order valence-corrected chi connectivity index (χ1v) is 7.83. The predicted octanol–water partition coefficient (Wildman–Crippen LogP) is 5.16. The molecular formula is C19H14N2S. The average molecular weight is 302 g/mol. The molecule has 22 heavy (non-hydrogen) atoms. The van der Waals surface area contributed by atoms with Crippen LogP contribution >= 0.6 is 11.3 Å². The molecule has 0 saturated carbocycles. The Morgan fingerprint density at radius 1 is 1.00 bits per heavy atom. The summed E-state index contributed by atoms with van der Waals surface area (Å²) in [5, 5.41) is 11.8. The van der Waals surface area contributed by atoms with Crippen molar-refractivity contribution in [3.05, 3.63) is 75.6 Å². The van der Waals surface area contributed by atoms with Crippen molar-refractivity contribution in [2.75, 3.05) is 0 Å². The minimum absolute atomic E-state index is 0.674. The standard InChI is InChI=1S/C19H14N2S/c1-14-2-9-17(10-3-14)18-13-22-19(21-18)11-8-15-4-6-16(12-20)7-5-15/h2-11,13H,1H3/b11-8+. The summed E-state index contributed by atoms with van der Waals surface area (Å²) in [6, 6.07) is 18.0. The van der Waals surface area contributed by atoms with Crippen LogP contribution < -0.4 is 0 Å². The van der Waals surface area contributed by atoms with Crippen LogP contribution in [0.5, 0.6) is 0 Å². The van der Waals surface area contributed by atoms with Crippen LogP contribution in [0.25, 0.3) is 23.4 Å². The number of benzene rings is 2. The van der Waals surface area contributed by atoms with Gasteiger partial charge in [-0.3, -0.25) is 0 Å². The van der Waals surface area contributed by atoms with Gasteiger partial charge in [0.05, 0.1) is 17.3 Å². The number of hydrogen-bond acceptors (Lipinski definition) is 3. The number of aryl methyl sites for hydroxylation is 1. The van der Waals surface area contributed by atoms with Gasteiger partial charge in [-0.15, -0.1) is 11.3 Å². The first-order valence-electron chi connectivity index (χ1n) is 6.95. The van der Waals surface area contributed by atoms with Crippen LogP contribution in [0.3, 0.4) is 0 Å². The summed E-state index contributed by atoms with van der Waals surface area (Å²) in [6.07, 6.45) is 4.02. The third-order valence-electron chi connectivity index (χ3n) is 3.33. The number of rotatable bonds is 3. The van der Waals surface area contributed by atoms with Gasteiger partial charge in [-0.25, -0.2) is 4.98 Å². The van der Waals surface area contributed by atoms with Crippen LogP contribution in [0.4, 0.5) is 0 Å². The van der Waals surface area contributed by atoms with Crippen molar-refractivity contribution in [2.45, 2.75) is 6.92 Å². The van der Waals surface area contributed by atoms with Gasteiger partial charge < -0.3 is 0 Å². The third kappa shape index (κ3) is 3.30. The van der Waals surface area contributed by atoms with Gasteiger partial charge in [0.25, 0.3) is 0 Å². The Hall–Kier alpha value is -2.70. The maximum atomic E-state index is 8.79. The molecule has 0 amide bonds. The monoisotopic (exact) mass is 302 g/mol. The number of nitriles is 1. The molecule has 2 nitrogen and oxygen atoms in total. The number of aromatic nitrogens is 1. The van der Waals surface area contributed by atoms with Crippen molar-refractivity contribution >= 4 is 23.5 Å². The van der Waals surface area contributed by atoms with Crippen molar-refractivity contribution in [1.82, 2.24) is 4.98 Å². The number of nitrogens with zero attached hydrogens (tertiary/aromatic N) is 2. The first kappa shape index (κ1) is 14.2. The lowest BCUT2D eigenvalue weighted by Gasteiger charge is -1.96. The molecule has 0 N–H and O–H groups in total. The minimum atomic E-state index is 0.674. The maximum Gasteiger partial charge on any atom is 0.116 e. The van der Waals surface area contributed by atoms with Crippen molar-refractivity contribution in [3.8, 4) is 17.3 Å². The van der Waals surface area contributed by atoms with Gasteiger partial charge >= 0.3 is 0 Å². The molecule has 106 valence electrons. The molecule has 1 aromatic heterocycles. The van der Waals surface area contributed by atoms with E-state index >= 15 is 0 Å². The second-order valence-electron chi connectivity index (χ2n) is 5.00. The molecule has 0 spiro atoms. The van der Waals surface area contributed by atoms with Crippen LogP contribution in [0, 0.1) is 18.3 Å². The van der Waals surface area contributed by atoms with Crippen LogP contribution in [0.2, 0.25) is 0 Å². The highest BCUT2D eigenvalue weighted by molar-refractivity contribution is 7.10. The van der Waals surface area contributed by atoms with Gasteiger partial charge in [0.1, 0.15) is 5.01 Å². The zero-order valence-electron chi connectivity index (χ0n) is 12.2. The second kappa shape index (κ2) is 6.38. The smallest absolute Gasteiger partial charge is 0.116 e. The van der Waals surface area contributed by atoms with Crippen molar-refractivity contribution in [3.63, 3.8) is 0 Å². The SMILES string of the molecule is Cc1ccc(-c2csc(/C=C/c3ccc(C#N)cc3)n2)cc1. The molecule has 0 bridgehead atoms. The molecule has 0 radical (unpaired) electrons. The molecule has 0 atom stereocenters. The van der Waals surface area contributed by atoms with Gasteiger partial charge in [-0.1, -0.05) is 48.0 Å². The normalized spacial score (nSPS) is 10.7. The van der Waals surface area contributed by atoms with Crippen LogP contribution in [0.15, 0.2) is 53.9 Å². The highest BCUT2D eigenvalue weighted by Gasteiger charge is 2.02. The fourth-order valence-electron chi connectivity index (χ4n) is 2.06. The molecular weight excluding hydrogens is 288 g/mol. The van der Waals surface area contributed by atoms with E-state index in [-0.39, 0.29) is 0 Å². The van der Waals surface area contributed by atoms with E-state index in [1.54, 1.807) is 11.3 Å². The third-order valence-corrected chi connectivity index (χ3v) is 4.14. The van der Waals surface area contributed by atoms with Gasteiger partial charge in [0, 0.05) is 10.9 Å². The lowest BCUT2D eigenvalue weighted by molar-refractivity contribution is 1.37. The Bertz CT molecular complexity index is 834. The molecule has 3 aromatic rings. The van der Waals surface area contributed by atoms with Crippen molar-refractivity contribution < 1.29 is 0 Å². The predicted molar refractivity (Wildman–Crippen MR) is 92.4 cm³/mol. The van der Waals surface area contributed by atoms with E-state index in [9.17, 15) is 0 Å². The first-order chi connectivity index (χ1) is 10.7. The fraction of sp³-hybridized carbons (Fsp3) is 0.0526. The minimum Gasteiger partial charge on any atom is -0.237 e. The van der Waals surface area contributed by atoms with Gasteiger partial charge in [-0.05, 0) is 30.7 Å². The Kier molecular flexibility index (Phi) is 4.13. The fourth-order valence-corrected chi connectivity index (χ4v) is 2.78. The number of thiazole rings is 1. The summed E-state index contributed by atoms with van der Waals surface area (Å²) in [5.41, 5.74) is 5.13. The largest absolute Gasteiger partial charge is 0.237 e. The second-order valence-corrected chi connectivity index (χ2v) is 5.89. The number of hydrogen-bond donors (Lipinski definition) is 0. The molecule has 3 heteroatoms. The van der Waals surface area contributed by atoms with E-state index in [0.717, 1.165) is 21.8 Å². The van der Waals surface area contributed by atoms with E-state index in [4.69, 9.17) is 5.26 Å². The van der Waals surface area contributed by atoms with Crippen LogP contribution in [-0.4, -0.2) is 4.98 Å². The molecule has 0 aliphatic heterocycles. The van der Waals surface area contributed by atoms with Gasteiger partial charge in [0.15, 0.2) is 0 Å². The highest BCUT2D eigenvalue weighted by atomic mass is 32.1. The lowest BCUT2D eigenvalue weighted by atomic mass is 10.1. The molecule has 3 rings (SSSR count). The summed E-state index contributed by atoms with van der Waals surface area (Å²) in [5.74, 6) is 0. The Labute approximate surface area is 134 Å². The Balaban J connectivity index is 1.77. The topological polar surface area (TPSA) is 36.7 Å². The van der Waals surface area contributed by atoms with E-state index in [0.29, 0.717) is 5.56 Å². The molecule has 0 unspecified atom stereocenters. The molecule has 0 fully saturated rings.